The molecule has 5 heteroatoms. The molecule has 0 bridgehead atoms. The van der Waals surface area contributed by atoms with Crippen molar-refractivity contribution in [3.8, 4) is 0 Å². The van der Waals surface area contributed by atoms with E-state index in [1.165, 1.54) is 30.4 Å². The van der Waals surface area contributed by atoms with Gasteiger partial charge in [-0.15, -0.1) is 0 Å². The van der Waals surface area contributed by atoms with E-state index in [1.807, 2.05) is 44.2 Å². The number of aryl methyl sites for hydroxylation is 2. The molecular weight excluding hydrogens is 362 g/mol. The lowest BCUT2D eigenvalue weighted by Crippen LogP contribution is -2.37. The van der Waals surface area contributed by atoms with E-state index in [0.29, 0.717) is 0 Å². The fourth-order valence-corrected chi connectivity index (χ4v) is 3.74. The lowest BCUT2D eigenvalue weighted by atomic mass is 9.99. The first-order chi connectivity index (χ1) is 13.8. The highest BCUT2D eigenvalue weighted by Crippen LogP contribution is 2.25. The molecule has 0 spiro atoms. The summed E-state index contributed by atoms with van der Waals surface area (Å²) in [7, 11) is 0. The minimum Gasteiger partial charge on any atom is -0.372 e. The molecule has 1 aliphatic rings. The first-order valence-electron chi connectivity index (χ1n) is 10.3. The summed E-state index contributed by atoms with van der Waals surface area (Å²) in [5.41, 5.74) is 4.74. The van der Waals surface area contributed by atoms with Gasteiger partial charge in [-0.05, 0) is 74.1 Å². The van der Waals surface area contributed by atoms with Gasteiger partial charge in [-0.25, -0.2) is 0 Å². The van der Waals surface area contributed by atoms with Crippen LogP contribution in [0.5, 0.6) is 0 Å². The smallest absolute Gasteiger partial charge is 0.244 e. The van der Waals surface area contributed by atoms with Gasteiger partial charge in [-0.2, -0.15) is 0 Å². The Morgan fingerprint density at radius 2 is 1.72 bits per heavy atom. The van der Waals surface area contributed by atoms with Crippen LogP contribution in [0.4, 0.5) is 17.1 Å². The number of nitrogens with one attached hydrogen (secondary N) is 1. The number of nitrogens with zero attached hydrogens (tertiary/aromatic N) is 2. The molecule has 1 saturated heterocycles. The summed E-state index contributed by atoms with van der Waals surface area (Å²) in [5, 5.41) is 2.92. The Bertz CT molecular complexity index is 868. The van der Waals surface area contributed by atoms with Crippen LogP contribution >= 0.6 is 0 Å². The molecule has 1 fully saturated rings. The number of anilines is 3. The second-order valence-corrected chi connectivity index (χ2v) is 8.16. The summed E-state index contributed by atoms with van der Waals surface area (Å²) in [6, 6.07) is 13.9. The molecule has 2 aromatic carbocycles. The number of piperidine rings is 1. The van der Waals surface area contributed by atoms with Crippen LogP contribution in [0.1, 0.15) is 37.8 Å². The second-order valence-electron chi connectivity index (χ2n) is 8.16. The van der Waals surface area contributed by atoms with Crippen molar-refractivity contribution in [2.45, 2.75) is 40.5 Å². The maximum absolute atomic E-state index is 12.6. The number of benzene rings is 2. The SMILES string of the molecule is CC(=O)N(CC(=O)Nc1ccc(N2CCC(C)CC2)cc1)c1cc(C)ccc1C. The van der Waals surface area contributed by atoms with Crippen molar-refractivity contribution < 1.29 is 9.59 Å². The number of carbonyl (C=O) groups excluding carboxylic acids is 2. The van der Waals surface area contributed by atoms with E-state index in [-0.39, 0.29) is 18.4 Å². The molecule has 154 valence electrons. The second kappa shape index (κ2) is 9.12. The molecule has 3 rings (SSSR count). The molecule has 0 radical (unpaired) electrons. The summed E-state index contributed by atoms with van der Waals surface area (Å²) < 4.78 is 0. The van der Waals surface area contributed by atoms with E-state index < -0.39 is 0 Å². The van der Waals surface area contributed by atoms with E-state index in [9.17, 15) is 9.59 Å². The molecule has 2 aromatic rings. The molecule has 1 aliphatic heterocycles. The summed E-state index contributed by atoms with van der Waals surface area (Å²) in [6.45, 7) is 9.87. The minimum atomic E-state index is -0.208. The molecule has 1 N–H and O–H groups in total. The van der Waals surface area contributed by atoms with Crippen molar-refractivity contribution in [1.82, 2.24) is 0 Å². The molecule has 0 atom stereocenters. The molecule has 0 saturated carbocycles. The average molecular weight is 394 g/mol. The third-order valence-electron chi connectivity index (χ3n) is 5.64. The maximum atomic E-state index is 12.6. The lowest BCUT2D eigenvalue weighted by molar-refractivity contribution is -0.120. The van der Waals surface area contributed by atoms with Crippen LogP contribution in [0.15, 0.2) is 42.5 Å². The van der Waals surface area contributed by atoms with Crippen LogP contribution < -0.4 is 15.1 Å². The zero-order valence-corrected chi connectivity index (χ0v) is 17.9. The molecule has 0 unspecified atom stereocenters. The molecular formula is C24H31N3O2. The highest BCUT2D eigenvalue weighted by atomic mass is 16.2. The Morgan fingerprint density at radius 3 is 2.34 bits per heavy atom. The number of hydrogen-bond donors (Lipinski definition) is 1. The van der Waals surface area contributed by atoms with Crippen molar-refractivity contribution in [1.29, 1.82) is 0 Å². The quantitative estimate of drug-likeness (QED) is 0.812. The Morgan fingerprint density at radius 1 is 1.07 bits per heavy atom. The molecule has 5 nitrogen and oxygen atoms in total. The van der Waals surface area contributed by atoms with Gasteiger partial charge in [0.15, 0.2) is 0 Å². The lowest BCUT2D eigenvalue weighted by Gasteiger charge is -2.32. The van der Waals surface area contributed by atoms with Gasteiger partial charge in [0.2, 0.25) is 11.8 Å². The van der Waals surface area contributed by atoms with Gasteiger partial charge in [0.1, 0.15) is 6.54 Å². The third-order valence-corrected chi connectivity index (χ3v) is 5.64. The average Bonchev–Trinajstić information content (AvgIpc) is 2.69. The first-order valence-corrected chi connectivity index (χ1v) is 10.3. The molecule has 0 aliphatic carbocycles. The monoisotopic (exact) mass is 393 g/mol. The maximum Gasteiger partial charge on any atom is 0.244 e. The van der Waals surface area contributed by atoms with Crippen LogP contribution in [0.2, 0.25) is 0 Å². The molecule has 0 aromatic heterocycles. The van der Waals surface area contributed by atoms with Gasteiger partial charge in [0.05, 0.1) is 0 Å². The minimum absolute atomic E-state index is 0.00854. The fraction of sp³-hybridized carbons (Fsp3) is 0.417. The van der Waals surface area contributed by atoms with Gasteiger partial charge in [0.25, 0.3) is 0 Å². The Balaban J connectivity index is 1.64. The van der Waals surface area contributed by atoms with Crippen LogP contribution in [0.3, 0.4) is 0 Å². The molecule has 2 amide bonds. The predicted octanol–water partition coefficient (Wildman–Crippen LogP) is 4.53. The Hall–Kier alpha value is -2.82. The van der Waals surface area contributed by atoms with E-state index >= 15 is 0 Å². The van der Waals surface area contributed by atoms with Gasteiger partial charge in [-0.3, -0.25) is 9.59 Å². The Labute approximate surface area is 173 Å². The number of rotatable bonds is 5. The summed E-state index contributed by atoms with van der Waals surface area (Å²) in [5.74, 6) is 0.440. The first kappa shape index (κ1) is 20.9. The van der Waals surface area contributed by atoms with Gasteiger partial charge in [0, 0.05) is 37.1 Å². The third kappa shape index (κ3) is 5.37. The zero-order chi connectivity index (χ0) is 21.0. The highest BCUT2D eigenvalue weighted by Gasteiger charge is 2.19. The highest BCUT2D eigenvalue weighted by molar-refractivity contribution is 6.02. The number of amides is 2. The van der Waals surface area contributed by atoms with E-state index in [1.54, 1.807) is 0 Å². The van der Waals surface area contributed by atoms with Crippen molar-refractivity contribution in [2.75, 3.05) is 34.8 Å². The van der Waals surface area contributed by atoms with Gasteiger partial charge < -0.3 is 15.1 Å². The van der Waals surface area contributed by atoms with Crippen molar-refractivity contribution in [2.24, 2.45) is 5.92 Å². The molecule has 29 heavy (non-hydrogen) atoms. The van der Waals surface area contributed by atoms with E-state index in [0.717, 1.165) is 41.5 Å². The fourth-order valence-electron chi connectivity index (χ4n) is 3.74. The standard InChI is InChI=1S/C24H31N3O2/c1-17-11-13-26(14-12-17)22-9-7-21(8-10-22)25-24(29)16-27(20(4)28)23-15-18(2)5-6-19(23)3/h5-10,15,17H,11-14,16H2,1-4H3,(H,25,29). The van der Waals surface area contributed by atoms with E-state index in [2.05, 4.69) is 29.3 Å². The zero-order valence-electron chi connectivity index (χ0n) is 17.9. The van der Waals surface area contributed by atoms with Crippen LogP contribution in [0, 0.1) is 19.8 Å². The normalized spacial score (nSPS) is 14.6. The Kier molecular flexibility index (Phi) is 6.57. The van der Waals surface area contributed by atoms with Gasteiger partial charge >= 0.3 is 0 Å². The van der Waals surface area contributed by atoms with Crippen LogP contribution in [0.25, 0.3) is 0 Å². The topological polar surface area (TPSA) is 52.7 Å². The van der Waals surface area contributed by atoms with Crippen molar-refractivity contribution >= 4 is 28.9 Å². The van der Waals surface area contributed by atoms with Crippen molar-refractivity contribution in [3.05, 3.63) is 53.6 Å². The van der Waals surface area contributed by atoms with Gasteiger partial charge in [-0.1, -0.05) is 19.1 Å². The summed E-state index contributed by atoms with van der Waals surface area (Å²) in [6.07, 6.45) is 2.44. The van der Waals surface area contributed by atoms with Crippen LogP contribution in [-0.2, 0) is 9.59 Å². The number of carbonyl (C=O) groups is 2. The largest absolute Gasteiger partial charge is 0.372 e. The number of hydrogen-bond acceptors (Lipinski definition) is 3. The summed E-state index contributed by atoms with van der Waals surface area (Å²) in [4.78, 5) is 28.7. The van der Waals surface area contributed by atoms with E-state index in [4.69, 9.17) is 0 Å². The molecule has 1 heterocycles. The predicted molar refractivity (Wildman–Crippen MR) is 120 cm³/mol. The summed E-state index contributed by atoms with van der Waals surface area (Å²) >= 11 is 0. The van der Waals surface area contributed by atoms with Crippen molar-refractivity contribution in [3.63, 3.8) is 0 Å². The van der Waals surface area contributed by atoms with Crippen LogP contribution in [-0.4, -0.2) is 31.4 Å².